The largest absolute Gasteiger partial charge is 0.504 e. The number of nitrogens with zero attached hydrogens (tertiary/aromatic N) is 1. The normalized spacial score (nSPS) is 24.1. The van der Waals surface area contributed by atoms with Gasteiger partial charge in [-0.15, -0.1) is 0 Å². The summed E-state index contributed by atoms with van der Waals surface area (Å²) in [6.45, 7) is 2.56. The number of hydrogen-bond acceptors (Lipinski definition) is 5. The number of allylic oxidation sites excluding steroid dienone is 2. The Morgan fingerprint density at radius 1 is 1.05 bits per heavy atom. The van der Waals surface area contributed by atoms with Crippen LogP contribution >= 0.6 is 22.6 Å². The average Bonchev–Trinajstić information content (AvgIpc) is 3.52. The molecule has 0 aromatic heterocycles. The van der Waals surface area contributed by atoms with Crippen molar-refractivity contribution in [2.45, 2.75) is 32.3 Å². The number of benzene rings is 3. The van der Waals surface area contributed by atoms with Gasteiger partial charge in [0, 0.05) is 5.92 Å². The Hall–Kier alpha value is -3.43. The molecule has 2 heterocycles. The van der Waals surface area contributed by atoms with E-state index in [1.807, 2.05) is 60.7 Å². The maximum absolute atomic E-state index is 13.7. The highest BCUT2D eigenvalue weighted by molar-refractivity contribution is 14.1. The molecule has 7 heteroatoms. The van der Waals surface area contributed by atoms with Gasteiger partial charge in [-0.05, 0) is 95.3 Å². The summed E-state index contributed by atoms with van der Waals surface area (Å²) >= 11 is 2.12. The standard InChI is InChI=1S/C34H32INO5/c1-20-15-25-31(34(39)36(33(25)38)24-11-7-4-8-12-24)26-19-41-28(30(20)26)14-13-23(22-9-5-3-6-10-22)16-21-17-27(35)32(37)29(18-21)40-2/h3-12,16-18,25-26,28,31,37H,13-15,19H2,1-2H3/b23-16-/t25-,26+,28-,31-/m1/s1. The van der Waals surface area contributed by atoms with E-state index >= 15 is 0 Å². The Morgan fingerprint density at radius 3 is 2.46 bits per heavy atom. The minimum Gasteiger partial charge on any atom is -0.504 e. The van der Waals surface area contributed by atoms with E-state index in [1.54, 1.807) is 7.11 Å². The zero-order valence-corrected chi connectivity index (χ0v) is 25.2. The van der Waals surface area contributed by atoms with Crippen LogP contribution in [0.5, 0.6) is 11.5 Å². The summed E-state index contributed by atoms with van der Waals surface area (Å²) in [6.07, 6.45) is 4.15. The highest BCUT2D eigenvalue weighted by atomic mass is 127. The molecule has 3 aromatic carbocycles. The number of fused-ring (bicyclic) bond motifs is 3. The SMILES string of the molecule is COc1cc(/C=C(/CC[C@H]2OC[C@H]3C2=C(C)C[C@H]2C(=O)N(c4ccccc4)C(=O)[C@H]23)c2ccccc2)cc(I)c1O. The van der Waals surface area contributed by atoms with Gasteiger partial charge in [0.1, 0.15) is 0 Å². The Kier molecular flexibility index (Phi) is 7.74. The molecule has 2 aliphatic heterocycles. The highest BCUT2D eigenvalue weighted by Gasteiger charge is 2.56. The van der Waals surface area contributed by atoms with Crippen LogP contribution in [0.4, 0.5) is 5.69 Å². The van der Waals surface area contributed by atoms with Gasteiger partial charge in [0.15, 0.2) is 11.5 Å². The van der Waals surface area contributed by atoms with Gasteiger partial charge in [0.2, 0.25) is 11.8 Å². The van der Waals surface area contributed by atoms with Crippen LogP contribution in [0.2, 0.25) is 0 Å². The maximum atomic E-state index is 13.7. The number of imide groups is 1. The number of para-hydroxylation sites is 1. The summed E-state index contributed by atoms with van der Waals surface area (Å²) in [7, 11) is 1.55. The van der Waals surface area contributed by atoms with Gasteiger partial charge in [0.05, 0.1) is 40.9 Å². The number of methoxy groups -OCH3 is 1. The van der Waals surface area contributed by atoms with Crippen molar-refractivity contribution < 1.29 is 24.2 Å². The minimum absolute atomic E-state index is 0.0731. The molecule has 3 aromatic rings. The number of ether oxygens (including phenoxy) is 2. The second-order valence-corrected chi connectivity index (χ2v) is 12.1. The average molecular weight is 662 g/mol. The number of carbonyl (C=O) groups excluding carboxylic acids is 2. The lowest BCUT2D eigenvalue weighted by molar-refractivity contribution is -0.122. The van der Waals surface area contributed by atoms with E-state index in [9.17, 15) is 14.7 Å². The summed E-state index contributed by atoms with van der Waals surface area (Å²) in [5.41, 5.74) is 6.24. The van der Waals surface area contributed by atoms with Crippen LogP contribution in [0.3, 0.4) is 0 Å². The number of amides is 2. The molecule has 6 nitrogen and oxygen atoms in total. The second-order valence-electron chi connectivity index (χ2n) is 11.0. The van der Waals surface area contributed by atoms with E-state index in [0.29, 0.717) is 24.5 Å². The van der Waals surface area contributed by atoms with Crippen molar-refractivity contribution in [1.82, 2.24) is 0 Å². The Labute approximate surface area is 253 Å². The predicted molar refractivity (Wildman–Crippen MR) is 167 cm³/mol. The predicted octanol–water partition coefficient (Wildman–Crippen LogP) is 6.87. The first-order valence-corrected chi connectivity index (χ1v) is 15.0. The van der Waals surface area contributed by atoms with Crippen molar-refractivity contribution >= 4 is 51.7 Å². The lowest BCUT2D eigenvalue weighted by Gasteiger charge is -2.30. The maximum Gasteiger partial charge on any atom is 0.238 e. The van der Waals surface area contributed by atoms with E-state index in [0.717, 1.165) is 33.1 Å². The number of phenols is 1. The molecule has 6 rings (SSSR count). The molecule has 3 aliphatic rings. The summed E-state index contributed by atoms with van der Waals surface area (Å²) < 4.78 is 12.5. The van der Waals surface area contributed by atoms with Crippen LogP contribution in [-0.2, 0) is 14.3 Å². The molecule has 0 bridgehead atoms. The van der Waals surface area contributed by atoms with Crippen molar-refractivity contribution in [3.63, 3.8) is 0 Å². The molecular weight excluding hydrogens is 629 g/mol. The van der Waals surface area contributed by atoms with E-state index in [-0.39, 0.29) is 41.4 Å². The van der Waals surface area contributed by atoms with Crippen LogP contribution in [0, 0.1) is 21.3 Å². The fourth-order valence-corrected chi connectivity index (χ4v) is 7.36. The summed E-state index contributed by atoms with van der Waals surface area (Å²) in [5, 5.41) is 10.3. The Morgan fingerprint density at radius 2 is 1.76 bits per heavy atom. The molecule has 4 atom stereocenters. The number of phenolic OH excluding ortho intramolecular Hbond substituents is 1. The Bertz CT molecular complexity index is 1550. The van der Waals surface area contributed by atoms with E-state index in [1.165, 1.54) is 16.0 Å². The van der Waals surface area contributed by atoms with Crippen LogP contribution in [0.25, 0.3) is 11.6 Å². The number of halogens is 1. The molecular formula is C34H32INO5. The molecule has 0 spiro atoms. The van der Waals surface area contributed by atoms with Crippen molar-refractivity contribution in [2.24, 2.45) is 17.8 Å². The molecule has 0 radical (unpaired) electrons. The molecule has 1 aliphatic carbocycles. The van der Waals surface area contributed by atoms with E-state index in [4.69, 9.17) is 9.47 Å². The zero-order valence-electron chi connectivity index (χ0n) is 23.0. The van der Waals surface area contributed by atoms with Gasteiger partial charge >= 0.3 is 0 Å². The first-order valence-electron chi connectivity index (χ1n) is 13.9. The van der Waals surface area contributed by atoms with Crippen LogP contribution in [0.1, 0.15) is 37.3 Å². The molecule has 41 heavy (non-hydrogen) atoms. The van der Waals surface area contributed by atoms with Crippen molar-refractivity contribution in [3.05, 3.63) is 98.6 Å². The number of carbonyl (C=O) groups is 2. The first kappa shape index (κ1) is 27.7. The summed E-state index contributed by atoms with van der Waals surface area (Å²) in [6, 6.07) is 23.3. The van der Waals surface area contributed by atoms with Gasteiger partial charge in [-0.25, -0.2) is 0 Å². The lowest BCUT2D eigenvalue weighted by atomic mass is 9.70. The molecule has 1 N–H and O–H groups in total. The number of hydrogen-bond donors (Lipinski definition) is 1. The van der Waals surface area contributed by atoms with E-state index < -0.39 is 0 Å². The number of rotatable bonds is 7. The van der Waals surface area contributed by atoms with E-state index in [2.05, 4.69) is 47.7 Å². The Balaban J connectivity index is 1.26. The zero-order chi connectivity index (χ0) is 28.7. The fraction of sp³-hybridized carbons (Fsp3) is 0.294. The van der Waals surface area contributed by atoms with Gasteiger partial charge < -0.3 is 14.6 Å². The smallest absolute Gasteiger partial charge is 0.238 e. The molecule has 2 saturated heterocycles. The van der Waals surface area contributed by atoms with Crippen molar-refractivity contribution in [3.8, 4) is 11.5 Å². The molecule has 2 fully saturated rings. The third-order valence-corrected chi connectivity index (χ3v) is 9.42. The van der Waals surface area contributed by atoms with Gasteiger partial charge in [0.25, 0.3) is 0 Å². The molecule has 210 valence electrons. The summed E-state index contributed by atoms with van der Waals surface area (Å²) in [4.78, 5) is 28.5. The lowest BCUT2D eigenvalue weighted by Crippen LogP contribution is -2.34. The minimum atomic E-state index is -0.373. The summed E-state index contributed by atoms with van der Waals surface area (Å²) in [5.74, 6) is -0.396. The van der Waals surface area contributed by atoms with Crippen LogP contribution in [0.15, 0.2) is 83.9 Å². The third kappa shape index (κ3) is 5.10. The van der Waals surface area contributed by atoms with Crippen LogP contribution in [-0.4, -0.2) is 36.7 Å². The monoisotopic (exact) mass is 661 g/mol. The molecule has 0 saturated carbocycles. The number of anilines is 1. The quantitative estimate of drug-likeness (QED) is 0.130. The molecule has 0 unspecified atom stereocenters. The number of aromatic hydroxyl groups is 1. The molecule has 2 amide bonds. The van der Waals surface area contributed by atoms with Crippen molar-refractivity contribution in [2.75, 3.05) is 18.6 Å². The third-order valence-electron chi connectivity index (χ3n) is 8.60. The van der Waals surface area contributed by atoms with Gasteiger partial charge in [-0.2, -0.15) is 0 Å². The van der Waals surface area contributed by atoms with Gasteiger partial charge in [-0.1, -0.05) is 60.2 Å². The first-order chi connectivity index (χ1) is 19.9. The topological polar surface area (TPSA) is 76.1 Å². The van der Waals surface area contributed by atoms with Gasteiger partial charge in [-0.3, -0.25) is 14.5 Å². The second kappa shape index (κ2) is 11.4. The van der Waals surface area contributed by atoms with Crippen molar-refractivity contribution in [1.29, 1.82) is 0 Å². The fourth-order valence-electron chi connectivity index (χ4n) is 6.73. The van der Waals surface area contributed by atoms with Crippen LogP contribution < -0.4 is 9.64 Å². The highest BCUT2D eigenvalue weighted by Crippen LogP contribution is 2.50.